The van der Waals surface area contributed by atoms with Crippen LogP contribution >= 0.6 is 0 Å². The number of carbonyl (C=O) groups is 2. The van der Waals surface area contributed by atoms with Gasteiger partial charge < -0.3 is 9.15 Å². The first-order valence-corrected chi connectivity index (χ1v) is 5.67. The summed E-state index contributed by atoms with van der Waals surface area (Å²) in [6.45, 7) is 2.22. The monoisotopic (exact) mass is 242 g/mol. The minimum absolute atomic E-state index is 0.0714. The molecule has 90 valence electrons. The summed E-state index contributed by atoms with van der Waals surface area (Å²) in [6, 6.07) is 8.21. The summed E-state index contributed by atoms with van der Waals surface area (Å²) < 4.78 is 10.5. The molecule has 4 nitrogen and oxygen atoms in total. The Morgan fingerprint density at radius 1 is 1.06 bits per heavy atom. The van der Waals surface area contributed by atoms with Crippen LogP contribution in [-0.2, 0) is 0 Å². The van der Waals surface area contributed by atoms with E-state index in [1.54, 1.807) is 31.2 Å². The summed E-state index contributed by atoms with van der Waals surface area (Å²) in [6.07, 6.45) is 0. The van der Waals surface area contributed by atoms with Crippen molar-refractivity contribution in [3.63, 3.8) is 0 Å². The number of rotatable bonds is 2. The maximum absolute atomic E-state index is 12.2. The van der Waals surface area contributed by atoms with Gasteiger partial charge in [-0.15, -0.1) is 0 Å². The van der Waals surface area contributed by atoms with Gasteiger partial charge in [0.05, 0.1) is 12.2 Å². The molecule has 1 aromatic carbocycles. The van der Waals surface area contributed by atoms with E-state index >= 15 is 0 Å². The molecule has 1 aliphatic rings. The van der Waals surface area contributed by atoms with Gasteiger partial charge in [-0.25, -0.2) is 0 Å². The van der Waals surface area contributed by atoms with Gasteiger partial charge in [0.2, 0.25) is 5.78 Å². The Morgan fingerprint density at radius 3 is 2.39 bits per heavy atom. The highest BCUT2D eigenvalue weighted by Crippen LogP contribution is 2.32. The van der Waals surface area contributed by atoms with Crippen LogP contribution in [0.25, 0.3) is 0 Å². The molecule has 2 aromatic rings. The van der Waals surface area contributed by atoms with Crippen LogP contribution in [-0.4, -0.2) is 18.2 Å². The Hall–Kier alpha value is -2.36. The highest BCUT2D eigenvalue weighted by Gasteiger charge is 2.33. The number of ketones is 2. The minimum atomic E-state index is -0.272. The van der Waals surface area contributed by atoms with Crippen molar-refractivity contribution < 1.29 is 18.7 Å². The van der Waals surface area contributed by atoms with Crippen molar-refractivity contribution in [2.45, 2.75) is 6.92 Å². The van der Waals surface area contributed by atoms with Crippen molar-refractivity contribution >= 4 is 11.6 Å². The van der Waals surface area contributed by atoms with Gasteiger partial charge in [-0.3, -0.25) is 9.59 Å². The van der Waals surface area contributed by atoms with Gasteiger partial charge in [0.15, 0.2) is 11.5 Å². The summed E-state index contributed by atoms with van der Waals surface area (Å²) in [5.74, 6) is -0.194. The van der Waals surface area contributed by atoms with E-state index in [-0.39, 0.29) is 28.8 Å². The van der Waals surface area contributed by atoms with Crippen molar-refractivity contribution in [2.75, 3.05) is 6.61 Å². The van der Waals surface area contributed by atoms with Gasteiger partial charge in [0, 0.05) is 17.2 Å². The minimum Gasteiger partial charge on any atom is -0.465 e. The fourth-order valence-electron chi connectivity index (χ4n) is 2.07. The third-order valence-electron chi connectivity index (χ3n) is 2.86. The van der Waals surface area contributed by atoms with Crippen LogP contribution in [0.15, 0.2) is 34.7 Å². The molecule has 0 atom stereocenters. The first-order valence-electron chi connectivity index (χ1n) is 5.67. The number of ether oxygens (including phenoxy) is 1. The van der Waals surface area contributed by atoms with Gasteiger partial charge in [-0.1, -0.05) is 24.3 Å². The van der Waals surface area contributed by atoms with Gasteiger partial charge in [0.1, 0.15) is 0 Å². The summed E-state index contributed by atoms with van der Waals surface area (Å²) in [5, 5.41) is 0. The lowest BCUT2D eigenvalue weighted by Gasteiger charge is -2.11. The average Bonchev–Trinajstić information content (AvgIpc) is 2.81. The fourth-order valence-corrected chi connectivity index (χ4v) is 2.07. The van der Waals surface area contributed by atoms with E-state index in [2.05, 4.69) is 0 Å². The maximum Gasteiger partial charge on any atom is 0.285 e. The smallest absolute Gasteiger partial charge is 0.285 e. The number of benzene rings is 1. The summed E-state index contributed by atoms with van der Waals surface area (Å²) >= 11 is 0. The molecule has 0 spiro atoms. The topological polar surface area (TPSA) is 56.5 Å². The second-order valence-corrected chi connectivity index (χ2v) is 3.95. The molecule has 0 saturated carbocycles. The van der Waals surface area contributed by atoms with Gasteiger partial charge >= 0.3 is 0 Å². The standard InChI is InChI=1S/C14H10O4/c1-2-17-11-7-10-12(15)8-5-3-4-6-9(8)13(16)14(10)18-11/h3-7H,2H2,1H3. The Kier molecular flexibility index (Phi) is 2.30. The zero-order valence-electron chi connectivity index (χ0n) is 9.73. The fraction of sp³-hybridized carbons (Fsp3) is 0.143. The molecule has 4 heteroatoms. The van der Waals surface area contributed by atoms with E-state index in [0.717, 1.165) is 0 Å². The summed E-state index contributed by atoms with van der Waals surface area (Å²) in [4.78, 5) is 24.4. The Bertz CT molecular complexity index is 599. The molecule has 0 amide bonds. The second-order valence-electron chi connectivity index (χ2n) is 3.95. The van der Waals surface area contributed by atoms with E-state index < -0.39 is 0 Å². The number of carbonyl (C=O) groups excluding carboxylic acids is 2. The Labute approximate surface area is 103 Å². The average molecular weight is 242 g/mol. The molecule has 0 bridgehead atoms. The lowest BCUT2D eigenvalue weighted by molar-refractivity contribution is 0.0955. The summed E-state index contributed by atoms with van der Waals surface area (Å²) in [7, 11) is 0. The van der Waals surface area contributed by atoms with E-state index in [9.17, 15) is 9.59 Å². The number of hydrogen-bond donors (Lipinski definition) is 0. The predicted octanol–water partition coefficient (Wildman–Crippen LogP) is 2.45. The maximum atomic E-state index is 12.2. The van der Waals surface area contributed by atoms with Crippen molar-refractivity contribution in [3.8, 4) is 5.95 Å². The molecule has 0 radical (unpaired) electrons. The van der Waals surface area contributed by atoms with Crippen LogP contribution in [0, 0.1) is 0 Å². The highest BCUT2D eigenvalue weighted by atomic mass is 16.6. The van der Waals surface area contributed by atoms with E-state index in [1.165, 1.54) is 6.07 Å². The molecule has 0 N–H and O–H groups in total. The first-order chi connectivity index (χ1) is 8.72. The molecule has 1 heterocycles. The van der Waals surface area contributed by atoms with Gasteiger partial charge in [-0.2, -0.15) is 0 Å². The highest BCUT2D eigenvalue weighted by molar-refractivity contribution is 6.27. The van der Waals surface area contributed by atoms with Gasteiger partial charge in [-0.05, 0) is 6.92 Å². The van der Waals surface area contributed by atoms with Crippen molar-refractivity contribution in [1.29, 1.82) is 0 Å². The SMILES string of the molecule is CCOc1cc2c(o1)C(=O)c1ccccc1C2=O. The van der Waals surface area contributed by atoms with Crippen LogP contribution in [0.2, 0.25) is 0 Å². The van der Waals surface area contributed by atoms with E-state index in [0.29, 0.717) is 17.7 Å². The van der Waals surface area contributed by atoms with E-state index in [1.807, 2.05) is 0 Å². The molecule has 0 saturated heterocycles. The molecule has 0 aliphatic heterocycles. The van der Waals surface area contributed by atoms with Crippen molar-refractivity contribution in [2.24, 2.45) is 0 Å². The number of furan rings is 1. The van der Waals surface area contributed by atoms with E-state index in [4.69, 9.17) is 9.15 Å². The molecular formula is C14H10O4. The lowest BCUT2D eigenvalue weighted by atomic mass is 9.89. The third-order valence-corrected chi connectivity index (χ3v) is 2.86. The molecule has 18 heavy (non-hydrogen) atoms. The molecule has 0 fully saturated rings. The Balaban J connectivity index is 2.18. The number of fused-ring (bicyclic) bond motifs is 2. The van der Waals surface area contributed by atoms with Crippen LogP contribution < -0.4 is 4.74 Å². The first kappa shape index (κ1) is 10.8. The lowest BCUT2D eigenvalue weighted by Crippen LogP contribution is -2.18. The normalized spacial score (nSPS) is 13.2. The van der Waals surface area contributed by atoms with Crippen LogP contribution in [0.4, 0.5) is 0 Å². The third kappa shape index (κ3) is 1.39. The van der Waals surface area contributed by atoms with Crippen LogP contribution in [0.1, 0.15) is 39.0 Å². The largest absolute Gasteiger partial charge is 0.465 e. The van der Waals surface area contributed by atoms with Crippen LogP contribution in [0.5, 0.6) is 5.95 Å². The number of hydrogen-bond acceptors (Lipinski definition) is 4. The quantitative estimate of drug-likeness (QED) is 0.692. The molecular weight excluding hydrogens is 232 g/mol. The van der Waals surface area contributed by atoms with Crippen molar-refractivity contribution in [1.82, 2.24) is 0 Å². The predicted molar refractivity (Wildman–Crippen MR) is 63.2 cm³/mol. The second kappa shape index (κ2) is 3.84. The molecule has 0 unspecified atom stereocenters. The zero-order valence-corrected chi connectivity index (χ0v) is 9.73. The Morgan fingerprint density at radius 2 is 1.72 bits per heavy atom. The van der Waals surface area contributed by atoms with Crippen LogP contribution in [0.3, 0.4) is 0 Å². The molecule has 1 aliphatic carbocycles. The molecule has 3 rings (SSSR count). The van der Waals surface area contributed by atoms with Crippen molar-refractivity contribution in [3.05, 3.63) is 52.8 Å². The van der Waals surface area contributed by atoms with Gasteiger partial charge in [0.25, 0.3) is 5.95 Å². The molecule has 1 aromatic heterocycles. The summed E-state index contributed by atoms with van der Waals surface area (Å²) in [5.41, 5.74) is 1.08. The zero-order chi connectivity index (χ0) is 12.7.